The molecule has 4 heterocycles. The molecule has 286 valence electrons. The van der Waals surface area contributed by atoms with Crippen molar-refractivity contribution < 1.29 is 33.0 Å². The molecule has 2 atom stereocenters. The van der Waals surface area contributed by atoms with E-state index >= 15 is 0 Å². The third kappa shape index (κ3) is 8.53. The van der Waals surface area contributed by atoms with Crippen LogP contribution in [0.1, 0.15) is 78.8 Å². The van der Waals surface area contributed by atoms with E-state index in [2.05, 4.69) is 36.0 Å². The zero-order valence-electron chi connectivity index (χ0n) is 31.6. The second-order valence-electron chi connectivity index (χ2n) is 13.1. The molecule has 2 aliphatic rings. The number of sulfone groups is 1. The molecule has 21 heteroatoms. The van der Waals surface area contributed by atoms with Crippen LogP contribution in [0.2, 0.25) is 0 Å². The number of pyridine rings is 1. The topological polar surface area (TPSA) is 233 Å². The van der Waals surface area contributed by atoms with Gasteiger partial charge in [0.05, 0.1) is 39.4 Å². The molecule has 6 rings (SSSR count). The van der Waals surface area contributed by atoms with E-state index in [4.69, 9.17) is 23.5 Å². The third-order valence-corrected chi connectivity index (χ3v) is 10.9. The maximum absolute atomic E-state index is 13.7. The Hall–Kier alpha value is -5.40. The molecule has 4 aromatic rings. The molecule has 1 saturated carbocycles. The molecule has 56 heavy (non-hydrogen) atoms. The Balaban J connectivity index is 0.00000295. The lowest BCUT2D eigenvalue weighted by molar-refractivity contribution is -0.117. The first-order chi connectivity index (χ1) is 26.3. The second-order valence-corrected chi connectivity index (χ2v) is 15.3. The van der Waals surface area contributed by atoms with Gasteiger partial charge in [-0.2, -0.15) is 0 Å². The molecular formula is C35H39B3N10O7S. The van der Waals surface area contributed by atoms with Crippen LogP contribution in [0.25, 0.3) is 11.3 Å². The number of hydrogen-bond acceptors (Lipinski definition) is 14. The van der Waals surface area contributed by atoms with Gasteiger partial charge in [0.1, 0.15) is 27.0 Å². The van der Waals surface area contributed by atoms with E-state index in [0.29, 0.717) is 28.2 Å². The van der Waals surface area contributed by atoms with Gasteiger partial charge in [-0.1, -0.05) is 32.9 Å². The summed E-state index contributed by atoms with van der Waals surface area (Å²) in [6.07, 6.45) is 2.68. The second kappa shape index (κ2) is 16.0. The predicted molar refractivity (Wildman–Crippen MR) is 210 cm³/mol. The van der Waals surface area contributed by atoms with E-state index in [1.165, 1.54) is 38.4 Å². The Morgan fingerprint density at radius 1 is 1.00 bits per heavy atom. The first kappa shape index (κ1) is 41.8. The summed E-state index contributed by atoms with van der Waals surface area (Å²) >= 11 is 0. The number of aromatic nitrogens is 5. The van der Waals surface area contributed by atoms with Crippen LogP contribution in [0.15, 0.2) is 53.6 Å². The Kier molecular flexibility index (Phi) is 11.9. The van der Waals surface area contributed by atoms with E-state index in [1.54, 1.807) is 25.2 Å². The van der Waals surface area contributed by atoms with Gasteiger partial charge in [0.25, 0.3) is 11.8 Å². The molecule has 1 aliphatic carbocycles. The lowest BCUT2D eigenvalue weighted by atomic mass is 9.73. The summed E-state index contributed by atoms with van der Waals surface area (Å²) in [7, 11) is 16.3. The highest BCUT2D eigenvalue weighted by Gasteiger charge is 2.37. The fourth-order valence-electron chi connectivity index (χ4n) is 5.80. The fraction of sp³-hybridized carbons (Fsp3) is 0.371. The quantitative estimate of drug-likeness (QED) is 0.107. The fourth-order valence-corrected chi connectivity index (χ4v) is 6.70. The Labute approximate surface area is 328 Å². The van der Waals surface area contributed by atoms with Crippen molar-refractivity contribution in [2.75, 3.05) is 35.4 Å². The number of para-hydroxylation sites is 1. The summed E-state index contributed by atoms with van der Waals surface area (Å²) in [5.74, 6) is -2.26. The Morgan fingerprint density at radius 2 is 1.70 bits per heavy atom. The first-order valence-corrected chi connectivity index (χ1v) is 19.3. The molecule has 3 amide bonds. The number of aliphatic hydroxyl groups is 2. The lowest BCUT2D eigenvalue weighted by Crippen LogP contribution is -2.49. The van der Waals surface area contributed by atoms with Crippen molar-refractivity contribution in [3.63, 3.8) is 0 Å². The van der Waals surface area contributed by atoms with Crippen LogP contribution >= 0.6 is 0 Å². The summed E-state index contributed by atoms with van der Waals surface area (Å²) < 4.78 is 24.9. The number of rotatable bonds is 11. The minimum Gasteiger partial charge on any atom is -0.390 e. The van der Waals surface area contributed by atoms with Crippen molar-refractivity contribution in [2.24, 2.45) is 5.92 Å². The van der Waals surface area contributed by atoms with E-state index in [0.717, 1.165) is 23.8 Å². The maximum atomic E-state index is 13.7. The van der Waals surface area contributed by atoms with Gasteiger partial charge in [-0.05, 0) is 44.0 Å². The van der Waals surface area contributed by atoms with Gasteiger partial charge >= 0.3 is 0 Å². The van der Waals surface area contributed by atoms with Crippen molar-refractivity contribution in [3.05, 3.63) is 71.3 Å². The SMILES string of the molecule is CC.[B]C([B])(O)NC(=O)c1nnc(NC(=O)C2CC2)cc1Nc1cccc2c1N(C)C(C)c1cc(C(=O)N(C)C([B])(O)c3cc(S(=O)(=O)CC)ccn3)nnc1-2. The standard InChI is InChI=1S/C33H33B3N10O7S.C2H6/c1-5-54(52,53)18-11-12-37-24(13-18)32(34,50)46(4)31(49)23-14-20-16(2)45(3)28-19(26(20)43-41-23)7-6-8-21(28)38-22-15-25(39-29(47)17-9-10-17)42-44-27(22)30(48)40-33(35,36)51;1-2/h6-8,11-17,50-51H,5,9-10H2,1-4H3,(H,40,48)(H2,38,39,42,47);1-2H3. The van der Waals surface area contributed by atoms with Crippen LogP contribution in [0, 0.1) is 5.92 Å². The van der Waals surface area contributed by atoms with E-state index in [1.807, 2.05) is 31.0 Å². The van der Waals surface area contributed by atoms with Gasteiger partial charge in [0, 0.05) is 48.9 Å². The maximum Gasteiger partial charge on any atom is 0.276 e. The van der Waals surface area contributed by atoms with Gasteiger partial charge in [0.2, 0.25) is 5.91 Å². The van der Waals surface area contributed by atoms with Crippen molar-refractivity contribution in [2.45, 2.75) is 62.6 Å². The summed E-state index contributed by atoms with van der Waals surface area (Å²) in [6.45, 7) is 7.33. The number of hydrogen-bond donors (Lipinski definition) is 5. The molecule has 1 fully saturated rings. The molecule has 5 N–H and O–H groups in total. The summed E-state index contributed by atoms with van der Waals surface area (Å²) in [6, 6.07) is 10.1. The largest absolute Gasteiger partial charge is 0.390 e. The van der Waals surface area contributed by atoms with E-state index in [-0.39, 0.29) is 51.1 Å². The molecule has 1 aliphatic heterocycles. The van der Waals surface area contributed by atoms with Gasteiger partial charge in [-0.25, -0.2) is 8.42 Å². The highest BCUT2D eigenvalue weighted by Crippen LogP contribution is 2.47. The number of nitrogens with one attached hydrogen (secondary N) is 3. The monoisotopic (exact) mass is 776 g/mol. The number of anilines is 4. The average Bonchev–Trinajstić information content (AvgIpc) is 4.03. The van der Waals surface area contributed by atoms with Gasteiger partial charge < -0.3 is 36.0 Å². The number of carbonyl (C=O) groups is 3. The van der Waals surface area contributed by atoms with Crippen LogP contribution in [0.5, 0.6) is 0 Å². The van der Waals surface area contributed by atoms with E-state index in [9.17, 15) is 33.0 Å². The first-order valence-electron chi connectivity index (χ1n) is 17.6. The number of benzene rings is 1. The minimum absolute atomic E-state index is 0.0745. The summed E-state index contributed by atoms with van der Waals surface area (Å²) in [5.41, 5.74) is -2.99. The molecule has 3 aromatic heterocycles. The molecule has 0 spiro atoms. The summed E-state index contributed by atoms with van der Waals surface area (Å²) in [4.78, 5) is 45.8. The number of carbonyl (C=O) groups excluding carboxylic acids is 3. The highest BCUT2D eigenvalue weighted by atomic mass is 32.2. The van der Waals surface area contributed by atoms with Crippen molar-refractivity contribution in [1.29, 1.82) is 0 Å². The molecule has 6 radical (unpaired) electrons. The highest BCUT2D eigenvalue weighted by molar-refractivity contribution is 7.91. The lowest BCUT2D eigenvalue weighted by Gasteiger charge is -2.37. The van der Waals surface area contributed by atoms with Crippen LogP contribution in [0.3, 0.4) is 0 Å². The van der Waals surface area contributed by atoms with Crippen LogP contribution in [-0.4, -0.2) is 116 Å². The zero-order valence-corrected chi connectivity index (χ0v) is 32.4. The number of fused-ring (bicyclic) bond motifs is 3. The van der Waals surface area contributed by atoms with Crippen molar-refractivity contribution in [3.8, 4) is 11.3 Å². The van der Waals surface area contributed by atoms with Crippen LogP contribution in [-0.2, 0) is 20.3 Å². The molecule has 17 nitrogen and oxygen atoms in total. The van der Waals surface area contributed by atoms with E-state index < -0.39 is 38.8 Å². The predicted octanol–water partition coefficient (Wildman–Crippen LogP) is 1.47. The third-order valence-electron chi connectivity index (χ3n) is 9.17. The molecule has 2 unspecified atom stereocenters. The average molecular weight is 776 g/mol. The van der Waals surface area contributed by atoms with Crippen LogP contribution in [0.4, 0.5) is 22.9 Å². The van der Waals surface area contributed by atoms with Gasteiger partial charge in [0.15, 0.2) is 34.9 Å². The Morgan fingerprint density at radius 3 is 2.34 bits per heavy atom. The normalized spacial score (nSPS) is 15.9. The van der Waals surface area contributed by atoms with Crippen molar-refractivity contribution in [1.82, 2.24) is 35.6 Å². The Bertz CT molecular complexity index is 2290. The van der Waals surface area contributed by atoms with Gasteiger partial charge in [-0.15, -0.1) is 20.4 Å². The minimum atomic E-state index is -3.66. The summed E-state index contributed by atoms with van der Waals surface area (Å²) in [5, 5.41) is 45.5. The van der Waals surface area contributed by atoms with Gasteiger partial charge in [-0.3, -0.25) is 19.4 Å². The van der Waals surface area contributed by atoms with Crippen molar-refractivity contribution >= 4 is 74.0 Å². The number of amides is 3. The van der Waals surface area contributed by atoms with Crippen LogP contribution < -0.4 is 20.9 Å². The smallest absolute Gasteiger partial charge is 0.276 e. The molecule has 1 aromatic carbocycles. The molecular weight excluding hydrogens is 737 g/mol. The molecule has 0 saturated heterocycles. The molecule has 0 bridgehead atoms. The zero-order chi connectivity index (χ0) is 41.3. The number of nitrogens with zero attached hydrogens (tertiary/aromatic N) is 7.